The van der Waals surface area contributed by atoms with E-state index >= 15 is 0 Å². The minimum atomic E-state index is 0.102. The Morgan fingerprint density at radius 1 is 1.69 bits per heavy atom. The second kappa shape index (κ2) is 4.71. The zero-order chi connectivity index (χ0) is 11.5. The quantitative estimate of drug-likeness (QED) is 0.726. The van der Waals surface area contributed by atoms with E-state index in [1.807, 2.05) is 4.90 Å². The van der Waals surface area contributed by atoms with E-state index in [0.717, 1.165) is 24.9 Å². The Balaban J connectivity index is 2.35. The molecule has 86 valence electrons. The number of nitrogens with zero attached hydrogens (tertiary/aromatic N) is 3. The van der Waals surface area contributed by atoms with Crippen molar-refractivity contribution in [2.24, 2.45) is 5.73 Å². The first-order chi connectivity index (χ1) is 7.74. The van der Waals surface area contributed by atoms with Crippen molar-refractivity contribution in [3.8, 4) is 0 Å². The molecular weight excluding hydrogens is 224 g/mol. The van der Waals surface area contributed by atoms with Crippen LogP contribution in [0.3, 0.4) is 0 Å². The number of aliphatic hydroxyl groups is 1. The fraction of sp³-hybridized carbons (Fsp3) is 0.500. The van der Waals surface area contributed by atoms with E-state index in [4.69, 9.17) is 18.0 Å². The lowest BCUT2D eigenvalue weighted by Gasteiger charge is -2.25. The SMILES string of the molecule is NC(=S)c1ccnnc1N1CCCC1CO. The topological polar surface area (TPSA) is 75.3 Å². The number of rotatable bonds is 3. The Labute approximate surface area is 99.3 Å². The Morgan fingerprint density at radius 3 is 3.19 bits per heavy atom. The number of hydrogen-bond donors (Lipinski definition) is 2. The predicted molar refractivity (Wildman–Crippen MR) is 65.4 cm³/mol. The van der Waals surface area contributed by atoms with Crippen molar-refractivity contribution in [1.29, 1.82) is 0 Å². The van der Waals surface area contributed by atoms with Gasteiger partial charge < -0.3 is 15.7 Å². The summed E-state index contributed by atoms with van der Waals surface area (Å²) >= 11 is 4.98. The lowest BCUT2D eigenvalue weighted by Crippen LogP contribution is -2.34. The lowest BCUT2D eigenvalue weighted by atomic mass is 10.2. The van der Waals surface area contributed by atoms with Crippen LogP contribution in [0.2, 0.25) is 0 Å². The molecule has 2 rings (SSSR count). The lowest BCUT2D eigenvalue weighted by molar-refractivity contribution is 0.266. The van der Waals surface area contributed by atoms with E-state index in [0.29, 0.717) is 10.8 Å². The molecule has 5 nitrogen and oxygen atoms in total. The Kier molecular flexibility index (Phi) is 3.31. The molecule has 0 saturated carbocycles. The zero-order valence-corrected chi connectivity index (χ0v) is 9.65. The van der Waals surface area contributed by atoms with Gasteiger partial charge >= 0.3 is 0 Å². The van der Waals surface area contributed by atoms with Crippen LogP contribution in [0.5, 0.6) is 0 Å². The molecule has 0 spiro atoms. The van der Waals surface area contributed by atoms with Crippen LogP contribution < -0.4 is 10.6 Å². The van der Waals surface area contributed by atoms with Crippen LogP contribution in [0, 0.1) is 0 Å². The van der Waals surface area contributed by atoms with Crippen molar-refractivity contribution in [3.63, 3.8) is 0 Å². The maximum absolute atomic E-state index is 9.27. The van der Waals surface area contributed by atoms with E-state index in [2.05, 4.69) is 10.2 Å². The van der Waals surface area contributed by atoms with Gasteiger partial charge in [0.15, 0.2) is 5.82 Å². The van der Waals surface area contributed by atoms with Crippen molar-refractivity contribution in [2.45, 2.75) is 18.9 Å². The third-order valence-corrected chi connectivity index (χ3v) is 3.05. The van der Waals surface area contributed by atoms with Crippen LogP contribution in [-0.4, -0.2) is 39.5 Å². The summed E-state index contributed by atoms with van der Waals surface area (Å²) in [6.45, 7) is 0.979. The molecule has 1 aliphatic heterocycles. The van der Waals surface area contributed by atoms with Crippen LogP contribution in [-0.2, 0) is 0 Å². The van der Waals surface area contributed by atoms with Crippen molar-refractivity contribution >= 4 is 23.0 Å². The molecule has 0 bridgehead atoms. The normalized spacial score (nSPS) is 20.1. The van der Waals surface area contributed by atoms with Crippen molar-refractivity contribution < 1.29 is 5.11 Å². The third-order valence-electron chi connectivity index (χ3n) is 2.83. The average Bonchev–Trinajstić information content (AvgIpc) is 2.76. The molecule has 1 aromatic heterocycles. The van der Waals surface area contributed by atoms with E-state index in [1.54, 1.807) is 12.3 Å². The maximum atomic E-state index is 9.27. The van der Waals surface area contributed by atoms with Crippen molar-refractivity contribution in [1.82, 2.24) is 10.2 Å². The minimum absolute atomic E-state index is 0.102. The first kappa shape index (κ1) is 11.2. The van der Waals surface area contributed by atoms with Gasteiger partial charge in [0, 0.05) is 6.54 Å². The smallest absolute Gasteiger partial charge is 0.161 e. The van der Waals surface area contributed by atoms with E-state index < -0.39 is 0 Å². The van der Waals surface area contributed by atoms with Crippen molar-refractivity contribution in [3.05, 3.63) is 17.8 Å². The average molecular weight is 238 g/mol. The fourth-order valence-corrected chi connectivity index (χ4v) is 2.19. The second-order valence-corrected chi connectivity index (χ2v) is 4.24. The van der Waals surface area contributed by atoms with Gasteiger partial charge in [-0.15, -0.1) is 5.10 Å². The molecule has 6 heteroatoms. The zero-order valence-electron chi connectivity index (χ0n) is 8.83. The molecule has 1 unspecified atom stereocenters. The van der Waals surface area contributed by atoms with Crippen LogP contribution >= 0.6 is 12.2 Å². The highest BCUT2D eigenvalue weighted by Gasteiger charge is 2.27. The molecule has 16 heavy (non-hydrogen) atoms. The summed E-state index contributed by atoms with van der Waals surface area (Å²) in [6.07, 6.45) is 3.57. The number of aromatic nitrogens is 2. The molecule has 0 radical (unpaired) electrons. The molecule has 0 amide bonds. The van der Waals surface area contributed by atoms with Crippen LogP contribution in [0.15, 0.2) is 12.3 Å². The van der Waals surface area contributed by atoms with Crippen LogP contribution in [0.4, 0.5) is 5.82 Å². The van der Waals surface area contributed by atoms with Gasteiger partial charge in [0.05, 0.1) is 24.4 Å². The summed E-state index contributed by atoms with van der Waals surface area (Å²) < 4.78 is 0. The van der Waals surface area contributed by atoms with Crippen molar-refractivity contribution in [2.75, 3.05) is 18.1 Å². The Morgan fingerprint density at radius 2 is 2.50 bits per heavy atom. The summed E-state index contributed by atoms with van der Waals surface area (Å²) in [5, 5.41) is 17.2. The molecule has 1 fully saturated rings. The minimum Gasteiger partial charge on any atom is -0.394 e. The number of nitrogens with two attached hydrogens (primary N) is 1. The highest BCUT2D eigenvalue weighted by molar-refractivity contribution is 7.80. The van der Waals surface area contributed by atoms with Gasteiger partial charge in [-0.1, -0.05) is 12.2 Å². The highest BCUT2D eigenvalue weighted by atomic mass is 32.1. The van der Waals surface area contributed by atoms with Crippen LogP contribution in [0.1, 0.15) is 18.4 Å². The van der Waals surface area contributed by atoms with E-state index in [9.17, 15) is 5.11 Å². The van der Waals surface area contributed by atoms with Gasteiger partial charge in [-0.05, 0) is 18.9 Å². The van der Waals surface area contributed by atoms with Gasteiger partial charge in [0.1, 0.15) is 4.99 Å². The van der Waals surface area contributed by atoms with Gasteiger partial charge in [-0.2, -0.15) is 5.10 Å². The fourth-order valence-electron chi connectivity index (χ4n) is 2.03. The molecule has 1 atom stereocenters. The van der Waals surface area contributed by atoms with Gasteiger partial charge in [0.25, 0.3) is 0 Å². The summed E-state index contributed by atoms with van der Waals surface area (Å²) in [6, 6.07) is 1.86. The molecule has 0 aromatic carbocycles. The van der Waals surface area contributed by atoms with Gasteiger partial charge in [0.2, 0.25) is 0 Å². The summed E-state index contributed by atoms with van der Waals surface area (Å²) in [5.74, 6) is 0.687. The predicted octanol–water partition coefficient (Wildman–Crippen LogP) is 0.0719. The summed E-state index contributed by atoms with van der Waals surface area (Å²) in [7, 11) is 0. The standard InChI is InChI=1S/C10H14N4OS/c11-9(16)8-3-4-12-13-10(8)14-5-1-2-7(14)6-15/h3-4,7,15H,1-2,5-6H2,(H2,11,16). The first-order valence-corrected chi connectivity index (χ1v) is 5.64. The summed E-state index contributed by atoms with van der Waals surface area (Å²) in [5.41, 5.74) is 6.37. The maximum Gasteiger partial charge on any atom is 0.161 e. The number of anilines is 1. The van der Waals surface area contributed by atoms with E-state index in [-0.39, 0.29) is 12.6 Å². The highest BCUT2D eigenvalue weighted by Crippen LogP contribution is 2.25. The van der Waals surface area contributed by atoms with Gasteiger partial charge in [-0.3, -0.25) is 0 Å². The Hall–Kier alpha value is -1.27. The monoisotopic (exact) mass is 238 g/mol. The molecule has 2 heterocycles. The molecular formula is C10H14N4OS. The van der Waals surface area contributed by atoms with E-state index in [1.165, 1.54) is 0 Å². The third kappa shape index (κ3) is 1.98. The molecule has 1 saturated heterocycles. The summed E-state index contributed by atoms with van der Waals surface area (Å²) in [4.78, 5) is 2.34. The van der Waals surface area contributed by atoms with Crippen LogP contribution in [0.25, 0.3) is 0 Å². The number of thiocarbonyl (C=S) groups is 1. The largest absolute Gasteiger partial charge is 0.394 e. The first-order valence-electron chi connectivity index (χ1n) is 5.23. The number of aliphatic hydroxyl groups excluding tert-OH is 1. The molecule has 1 aliphatic rings. The molecule has 1 aromatic rings. The van der Waals surface area contributed by atoms with Gasteiger partial charge in [-0.25, -0.2) is 0 Å². The Bertz CT molecular complexity index is 398. The number of hydrogen-bond acceptors (Lipinski definition) is 5. The second-order valence-electron chi connectivity index (χ2n) is 3.80. The molecule has 3 N–H and O–H groups in total. The molecule has 0 aliphatic carbocycles.